The van der Waals surface area contributed by atoms with Gasteiger partial charge in [-0.25, -0.2) is 8.42 Å². The molecule has 0 amide bonds. The van der Waals surface area contributed by atoms with E-state index in [0.717, 1.165) is 16.9 Å². The minimum atomic E-state index is -4.27. The van der Waals surface area contributed by atoms with Crippen molar-refractivity contribution in [2.45, 2.75) is 11.8 Å². The van der Waals surface area contributed by atoms with Gasteiger partial charge in [-0.1, -0.05) is 35.9 Å². The molecule has 0 unspecified atom stereocenters. The molecule has 0 heterocycles. The van der Waals surface area contributed by atoms with Crippen LogP contribution in [0.2, 0.25) is 0 Å². The monoisotopic (exact) mass is 399 g/mol. The zero-order valence-electron chi connectivity index (χ0n) is 15.5. The number of hydrogen-bond donors (Lipinski definition) is 2. The van der Waals surface area contributed by atoms with Gasteiger partial charge in [0.15, 0.2) is 11.4 Å². The number of hydrogen-bond acceptors (Lipinski definition) is 6. The molecule has 28 heavy (non-hydrogen) atoms. The van der Waals surface area contributed by atoms with Gasteiger partial charge in [0, 0.05) is 17.4 Å². The van der Waals surface area contributed by atoms with Crippen molar-refractivity contribution in [2.24, 2.45) is 5.11 Å². The number of rotatable bonds is 5. The lowest BCUT2D eigenvalue weighted by molar-refractivity contribution is -0.210. The van der Waals surface area contributed by atoms with Crippen molar-refractivity contribution in [1.82, 2.24) is 0 Å². The summed E-state index contributed by atoms with van der Waals surface area (Å²) in [6.45, 7) is 1.82. The summed E-state index contributed by atoms with van der Waals surface area (Å²) >= 11 is 0. The van der Waals surface area contributed by atoms with Gasteiger partial charge >= 0.3 is 0 Å². The first-order valence-corrected chi connectivity index (χ1v) is 9.68. The Hall–Kier alpha value is -3.23. The van der Waals surface area contributed by atoms with Crippen molar-refractivity contribution in [3.8, 4) is 5.75 Å². The Morgan fingerprint density at radius 1 is 0.964 bits per heavy atom. The summed E-state index contributed by atoms with van der Waals surface area (Å²) in [4.78, 5) is -0.178. The van der Waals surface area contributed by atoms with Crippen LogP contribution >= 0.6 is 0 Å². The van der Waals surface area contributed by atoms with Crippen LogP contribution in [0.1, 0.15) is 5.56 Å². The average Bonchev–Trinajstić information content (AvgIpc) is 2.69. The second-order valence-electron chi connectivity index (χ2n) is 5.77. The quantitative estimate of drug-likeness (QED) is 0.505. The van der Waals surface area contributed by atoms with E-state index in [9.17, 15) is 13.0 Å². The van der Waals surface area contributed by atoms with Crippen molar-refractivity contribution >= 4 is 27.2 Å². The van der Waals surface area contributed by atoms with Gasteiger partial charge in [-0.15, -0.1) is 0 Å². The Labute approximate surface area is 164 Å². The number of ether oxygens (including phenoxy) is 1. The predicted octanol–water partition coefficient (Wildman–Crippen LogP) is 3.18. The number of methoxy groups -OCH3 is 1. The molecule has 3 N–H and O–H groups in total. The molecule has 0 aliphatic carbocycles. The Morgan fingerprint density at radius 3 is 2.14 bits per heavy atom. The number of anilines is 2. The summed E-state index contributed by atoms with van der Waals surface area (Å²) < 4.78 is 36.4. The van der Waals surface area contributed by atoms with Crippen LogP contribution in [-0.4, -0.2) is 20.1 Å². The molecule has 3 aromatic carbocycles. The average molecular weight is 399 g/mol. The zero-order valence-corrected chi connectivity index (χ0v) is 16.3. The van der Waals surface area contributed by atoms with Crippen LogP contribution in [0.15, 0.2) is 82.8 Å². The highest BCUT2D eigenvalue weighted by atomic mass is 32.2. The van der Waals surface area contributed by atoms with Gasteiger partial charge in [-0.3, -0.25) is 0 Å². The van der Waals surface area contributed by atoms with Crippen molar-refractivity contribution in [1.29, 1.82) is 0 Å². The number of nitrogens with two attached hydrogens (primary N) is 1. The standard InChI is InChI=1S/C13H13N3O.C7H8O3S/c1-17-13-9-11(7-8-12(13)16-14)15-10-5-3-2-4-6-10;1-6-2-4-7(5-3-6)11(8,9)10/h2-9,14-15H,1H3;2-5H,1H3,(H,8,9,10). The molecule has 0 radical (unpaired) electrons. The molecule has 0 aromatic heterocycles. The SMILES string of the molecule is COc1cc(Nc2ccccc2)ccc1N=[NH2+].Cc1ccc(S(=O)(=O)[O-])cc1. The Bertz CT molecular complexity index is 1020. The Kier molecular flexibility index (Phi) is 7.25. The molecule has 3 rings (SSSR count). The minimum Gasteiger partial charge on any atom is -0.744 e. The number of aryl methyl sites for hydroxylation is 1. The van der Waals surface area contributed by atoms with E-state index in [-0.39, 0.29) is 4.90 Å². The summed E-state index contributed by atoms with van der Waals surface area (Å²) in [5.74, 6) is 0.647. The summed E-state index contributed by atoms with van der Waals surface area (Å²) in [5, 5.41) is 6.90. The van der Waals surface area contributed by atoms with E-state index in [1.807, 2.05) is 55.5 Å². The maximum atomic E-state index is 10.4. The largest absolute Gasteiger partial charge is 0.744 e. The molecule has 146 valence electrons. The molecule has 0 aliphatic rings. The molecule has 0 fully saturated rings. The molecular weight excluding hydrogens is 378 g/mol. The van der Waals surface area contributed by atoms with Gasteiger partial charge in [0.2, 0.25) is 0 Å². The normalized spacial score (nSPS) is 10.4. The van der Waals surface area contributed by atoms with Gasteiger partial charge in [-0.2, -0.15) is 5.53 Å². The van der Waals surface area contributed by atoms with Crippen LogP contribution in [0.4, 0.5) is 17.1 Å². The lowest BCUT2D eigenvalue weighted by atomic mass is 10.2. The van der Waals surface area contributed by atoms with Gasteiger partial charge < -0.3 is 14.6 Å². The predicted molar refractivity (Wildman–Crippen MR) is 106 cm³/mol. The van der Waals surface area contributed by atoms with Gasteiger partial charge in [0.1, 0.15) is 10.1 Å². The summed E-state index contributed by atoms with van der Waals surface area (Å²) in [5.41, 5.74) is 8.76. The molecule has 3 aromatic rings. The first-order valence-electron chi connectivity index (χ1n) is 8.27. The van der Waals surface area contributed by atoms with E-state index < -0.39 is 10.1 Å². The molecule has 0 aliphatic heterocycles. The molecule has 0 spiro atoms. The third-order valence-electron chi connectivity index (χ3n) is 3.69. The first kappa shape index (κ1) is 21.1. The van der Waals surface area contributed by atoms with Crippen LogP contribution in [0.5, 0.6) is 5.75 Å². The number of nitrogens with one attached hydrogen (secondary N) is 1. The van der Waals surface area contributed by atoms with Crippen LogP contribution < -0.4 is 15.6 Å². The lowest BCUT2D eigenvalue weighted by Gasteiger charge is -2.08. The van der Waals surface area contributed by atoms with Crippen LogP contribution in [-0.2, 0) is 10.1 Å². The summed E-state index contributed by atoms with van der Waals surface area (Å²) in [6.07, 6.45) is 0. The van der Waals surface area contributed by atoms with Crippen LogP contribution in [0.25, 0.3) is 0 Å². The third-order valence-corrected chi connectivity index (χ3v) is 4.54. The van der Waals surface area contributed by atoms with Crippen LogP contribution in [0, 0.1) is 6.92 Å². The number of para-hydroxylation sites is 1. The van der Waals surface area contributed by atoms with Gasteiger partial charge in [-0.05, 0) is 48.4 Å². The Morgan fingerprint density at radius 2 is 1.61 bits per heavy atom. The molecular formula is C20H21N3O4S. The fourth-order valence-electron chi connectivity index (χ4n) is 2.26. The maximum absolute atomic E-state index is 10.4. The molecule has 0 saturated heterocycles. The second kappa shape index (κ2) is 9.63. The number of nitrogens with zero attached hydrogens (tertiary/aromatic N) is 1. The number of benzene rings is 3. The molecule has 7 nitrogen and oxygen atoms in total. The first-order chi connectivity index (χ1) is 13.3. The highest BCUT2D eigenvalue weighted by Gasteiger charge is 2.05. The summed E-state index contributed by atoms with van der Waals surface area (Å²) in [7, 11) is -2.68. The second-order valence-corrected chi connectivity index (χ2v) is 7.15. The zero-order chi connectivity index (χ0) is 20.6. The van der Waals surface area contributed by atoms with E-state index >= 15 is 0 Å². The third kappa shape index (κ3) is 6.19. The highest BCUT2D eigenvalue weighted by molar-refractivity contribution is 7.85. The van der Waals surface area contributed by atoms with Crippen molar-refractivity contribution in [3.63, 3.8) is 0 Å². The van der Waals surface area contributed by atoms with E-state index in [1.165, 1.54) is 12.1 Å². The van der Waals surface area contributed by atoms with E-state index in [2.05, 4.69) is 10.4 Å². The van der Waals surface area contributed by atoms with Gasteiger partial charge in [0.05, 0.1) is 12.0 Å². The maximum Gasteiger partial charge on any atom is 0.171 e. The lowest BCUT2D eigenvalue weighted by Crippen LogP contribution is -2.22. The van der Waals surface area contributed by atoms with E-state index in [4.69, 9.17) is 10.3 Å². The van der Waals surface area contributed by atoms with Crippen molar-refractivity contribution in [2.75, 3.05) is 12.4 Å². The fourth-order valence-corrected chi connectivity index (χ4v) is 2.72. The molecule has 0 bridgehead atoms. The summed E-state index contributed by atoms with van der Waals surface area (Å²) in [6, 6.07) is 21.3. The van der Waals surface area contributed by atoms with Gasteiger partial charge in [0.25, 0.3) is 0 Å². The topological polar surface area (TPSA) is 116 Å². The van der Waals surface area contributed by atoms with E-state index in [0.29, 0.717) is 11.4 Å². The minimum absolute atomic E-state index is 0.178. The Balaban J connectivity index is 0.000000221. The van der Waals surface area contributed by atoms with Crippen molar-refractivity contribution < 1.29 is 23.2 Å². The smallest absolute Gasteiger partial charge is 0.171 e. The molecule has 8 heteroatoms. The molecule has 0 atom stereocenters. The molecule has 0 saturated carbocycles. The van der Waals surface area contributed by atoms with Crippen molar-refractivity contribution in [3.05, 3.63) is 78.4 Å². The fraction of sp³-hybridized carbons (Fsp3) is 0.100. The highest BCUT2D eigenvalue weighted by Crippen LogP contribution is 2.30. The van der Waals surface area contributed by atoms with E-state index in [1.54, 1.807) is 19.2 Å². The van der Waals surface area contributed by atoms with Crippen LogP contribution in [0.3, 0.4) is 0 Å².